The molecule has 1 aromatic carbocycles. The van der Waals surface area contributed by atoms with Gasteiger partial charge in [-0.1, -0.05) is 15.9 Å². The molecule has 0 bridgehead atoms. The normalized spacial score (nSPS) is 12.4. The van der Waals surface area contributed by atoms with Crippen molar-refractivity contribution in [1.82, 2.24) is 5.43 Å². The van der Waals surface area contributed by atoms with Gasteiger partial charge in [-0.25, -0.2) is 0 Å². The smallest absolute Gasteiger partial charge is 0.234 e. The first kappa shape index (κ1) is 14.4. The molecule has 0 spiro atoms. The molecule has 0 aliphatic carbocycles. The van der Waals surface area contributed by atoms with Gasteiger partial charge in [0, 0.05) is 23.9 Å². The molecule has 0 fully saturated rings. The highest BCUT2D eigenvalue weighted by atomic mass is 79.9. The minimum Gasteiger partial charge on any atom is -0.356 e. The van der Waals surface area contributed by atoms with Crippen LogP contribution in [0.25, 0.3) is 0 Å². The molecule has 5 nitrogen and oxygen atoms in total. The summed E-state index contributed by atoms with van der Waals surface area (Å²) in [5, 5.41) is 0. The molecule has 6 heteroatoms. The zero-order chi connectivity index (χ0) is 12.5. The van der Waals surface area contributed by atoms with Gasteiger partial charge in [0.1, 0.15) is 0 Å². The van der Waals surface area contributed by atoms with E-state index < -0.39 is 6.41 Å². The number of rotatable bonds is 8. The summed E-state index contributed by atoms with van der Waals surface area (Å²) in [6, 6.07) is 7.72. The largest absolute Gasteiger partial charge is 0.356 e. The van der Waals surface area contributed by atoms with Gasteiger partial charge in [0.15, 0.2) is 6.79 Å². The molecule has 1 unspecified atom stereocenters. The SMILES string of the molecule is CCOCOC(NNc1ccc(Br)cc1)OC. The molecule has 1 rings (SSSR count). The maximum absolute atomic E-state index is 5.25. The fourth-order valence-corrected chi connectivity index (χ4v) is 1.30. The number of halogens is 1. The van der Waals surface area contributed by atoms with Gasteiger partial charge < -0.3 is 19.6 Å². The maximum atomic E-state index is 5.25. The van der Waals surface area contributed by atoms with Crippen molar-refractivity contribution < 1.29 is 14.2 Å². The Morgan fingerprint density at radius 3 is 2.59 bits per heavy atom. The molecule has 0 aliphatic heterocycles. The minimum absolute atomic E-state index is 0.185. The van der Waals surface area contributed by atoms with E-state index in [4.69, 9.17) is 14.2 Å². The second-order valence-electron chi connectivity index (χ2n) is 3.12. The van der Waals surface area contributed by atoms with E-state index in [-0.39, 0.29) is 6.79 Å². The summed E-state index contributed by atoms with van der Waals surface area (Å²) in [6.07, 6.45) is -0.565. The molecule has 0 aromatic heterocycles. The van der Waals surface area contributed by atoms with E-state index in [1.54, 1.807) is 7.11 Å². The zero-order valence-electron chi connectivity index (χ0n) is 9.90. The fraction of sp³-hybridized carbons (Fsp3) is 0.455. The average Bonchev–Trinajstić information content (AvgIpc) is 2.35. The lowest BCUT2D eigenvalue weighted by Gasteiger charge is -2.18. The van der Waals surface area contributed by atoms with Gasteiger partial charge in [-0.2, -0.15) is 5.43 Å². The third-order valence-electron chi connectivity index (χ3n) is 1.90. The van der Waals surface area contributed by atoms with Crippen molar-refractivity contribution in [3.8, 4) is 0 Å². The standard InChI is InChI=1S/C11H17BrN2O3/c1-3-16-8-17-11(15-2)14-13-10-6-4-9(12)5-7-10/h4-7,11,13-14H,3,8H2,1-2H3. The van der Waals surface area contributed by atoms with Gasteiger partial charge >= 0.3 is 0 Å². The van der Waals surface area contributed by atoms with Gasteiger partial charge in [0.05, 0.1) is 0 Å². The number of benzene rings is 1. The topological polar surface area (TPSA) is 51.8 Å². The molecular weight excluding hydrogens is 288 g/mol. The Hall–Kier alpha value is -0.660. The van der Waals surface area contributed by atoms with E-state index >= 15 is 0 Å². The van der Waals surface area contributed by atoms with Crippen molar-refractivity contribution in [2.45, 2.75) is 13.3 Å². The summed E-state index contributed by atoms with van der Waals surface area (Å²) in [4.78, 5) is 0. The Morgan fingerprint density at radius 2 is 2.00 bits per heavy atom. The lowest BCUT2D eigenvalue weighted by Crippen LogP contribution is -2.38. The van der Waals surface area contributed by atoms with Crippen LogP contribution < -0.4 is 10.9 Å². The number of methoxy groups -OCH3 is 1. The lowest BCUT2D eigenvalue weighted by atomic mass is 10.3. The maximum Gasteiger partial charge on any atom is 0.234 e. The first-order chi connectivity index (χ1) is 8.26. The van der Waals surface area contributed by atoms with Crippen LogP contribution in [-0.2, 0) is 14.2 Å². The Morgan fingerprint density at radius 1 is 1.29 bits per heavy atom. The summed E-state index contributed by atoms with van der Waals surface area (Å²) >= 11 is 3.37. The molecule has 0 saturated carbocycles. The number of ether oxygens (including phenoxy) is 3. The third kappa shape index (κ3) is 5.99. The highest BCUT2D eigenvalue weighted by molar-refractivity contribution is 9.10. The number of anilines is 1. The van der Waals surface area contributed by atoms with E-state index in [1.165, 1.54) is 0 Å². The van der Waals surface area contributed by atoms with Gasteiger partial charge in [0.2, 0.25) is 6.41 Å². The Bertz CT molecular complexity index is 308. The quantitative estimate of drug-likeness (QED) is 0.438. The molecule has 1 atom stereocenters. The second-order valence-corrected chi connectivity index (χ2v) is 4.04. The second kappa shape index (κ2) is 8.43. The number of hydrogen-bond donors (Lipinski definition) is 2. The molecule has 2 N–H and O–H groups in total. The predicted molar refractivity (Wildman–Crippen MR) is 69.3 cm³/mol. The highest BCUT2D eigenvalue weighted by Crippen LogP contribution is 2.13. The summed E-state index contributed by atoms with van der Waals surface area (Å²) in [6.45, 7) is 2.69. The van der Waals surface area contributed by atoms with Crippen LogP contribution in [0.1, 0.15) is 6.92 Å². The number of hydrogen-bond acceptors (Lipinski definition) is 5. The zero-order valence-corrected chi connectivity index (χ0v) is 11.5. The van der Waals surface area contributed by atoms with Crippen LogP contribution in [0.5, 0.6) is 0 Å². The van der Waals surface area contributed by atoms with Crippen LogP contribution in [0.2, 0.25) is 0 Å². The van der Waals surface area contributed by atoms with E-state index in [0.29, 0.717) is 6.61 Å². The van der Waals surface area contributed by atoms with Crippen LogP contribution in [0.4, 0.5) is 5.69 Å². The van der Waals surface area contributed by atoms with E-state index in [9.17, 15) is 0 Å². The fourth-order valence-electron chi connectivity index (χ4n) is 1.04. The summed E-state index contributed by atoms with van der Waals surface area (Å²) in [5.41, 5.74) is 6.76. The minimum atomic E-state index is -0.565. The van der Waals surface area contributed by atoms with E-state index in [0.717, 1.165) is 10.2 Å². The third-order valence-corrected chi connectivity index (χ3v) is 2.43. The summed E-state index contributed by atoms with van der Waals surface area (Å²) < 4.78 is 16.4. The number of hydrazine groups is 1. The van der Waals surface area contributed by atoms with Crippen molar-refractivity contribution in [3.63, 3.8) is 0 Å². The lowest BCUT2D eigenvalue weighted by molar-refractivity contribution is -0.193. The molecule has 17 heavy (non-hydrogen) atoms. The van der Waals surface area contributed by atoms with Gasteiger partial charge in [0.25, 0.3) is 0 Å². The Balaban J connectivity index is 2.29. The van der Waals surface area contributed by atoms with E-state index in [2.05, 4.69) is 26.8 Å². The molecule has 0 saturated heterocycles. The van der Waals surface area contributed by atoms with Crippen LogP contribution in [-0.4, -0.2) is 26.9 Å². The van der Waals surface area contributed by atoms with Crippen molar-refractivity contribution in [2.75, 3.05) is 25.9 Å². The Kier molecular flexibility index (Phi) is 7.14. The predicted octanol–water partition coefficient (Wildman–Crippen LogP) is 2.31. The van der Waals surface area contributed by atoms with E-state index in [1.807, 2.05) is 31.2 Å². The molecular formula is C11H17BrN2O3. The first-order valence-corrected chi connectivity index (χ1v) is 6.04. The van der Waals surface area contributed by atoms with Crippen molar-refractivity contribution in [3.05, 3.63) is 28.7 Å². The molecule has 0 heterocycles. The van der Waals surface area contributed by atoms with Gasteiger partial charge in [-0.15, -0.1) is 0 Å². The van der Waals surface area contributed by atoms with Crippen LogP contribution in [0.15, 0.2) is 28.7 Å². The van der Waals surface area contributed by atoms with Crippen molar-refractivity contribution >= 4 is 21.6 Å². The molecule has 0 aliphatic rings. The van der Waals surface area contributed by atoms with Crippen LogP contribution in [0, 0.1) is 0 Å². The first-order valence-electron chi connectivity index (χ1n) is 5.25. The van der Waals surface area contributed by atoms with Crippen LogP contribution >= 0.6 is 15.9 Å². The molecule has 0 radical (unpaired) electrons. The van der Waals surface area contributed by atoms with Gasteiger partial charge in [-0.3, -0.25) is 0 Å². The van der Waals surface area contributed by atoms with Crippen molar-refractivity contribution in [1.29, 1.82) is 0 Å². The van der Waals surface area contributed by atoms with Gasteiger partial charge in [-0.05, 0) is 31.2 Å². The molecule has 1 aromatic rings. The van der Waals surface area contributed by atoms with Crippen molar-refractivity contribution in [2.24, 2.45) is 0 Å². The van der Waals surface area contributed by atoms with Crippen LogP contribution in [0.3, 0.4) is 0 Å². The number of nitrogens with one attached hydrogen (secondary N) is 2. The highest BCUT2D eigenvalue weighted by Gasteiger charge is 2.05. The monoisotopic (exact) mass is 304 g/mol. The summed E-state index contributed by atoms with van der Waals surface area (Å²) in [5.74, 6) is 0. The molecule has 96 valence electrons. The Labute approximate surface area is 110 Å². The average molecular weight is 305 g/mol. The molecule has 0 amide bonds. The summed E-state index contributed by atoms with van der Waals surface area (Å²) in [7, 11) is 1.55.